The van der Waals surface area contributed by atoms with Crippen LogP contribution in [0.1, 0.15) is 6.92 Å². The molecule has 0 amide bonds. The quantitative estimate of drug-likeness (QED) is 0.707. The zero-order valence-electron chi connectivity index (χ0n) is 13.9. The molecule has 3 aromatic rings. The Bertz CT molecular complexity index is 945. The number of methoxy groups -OCH3 is 3. The summed E-state index contributed by atoms with van der Waals surface area (Å²) in [4.78, 5) is 17.2. The minimum absolute atomic E-state index is 0.263. The number of benzene rings is 1. The van der Waals surface area contributed by atoms with Crippen molar-refractivity contribution in [3.05, 3.63) is 35.0 Å². The van der Waals surface area contributed by atoms with Gasteiger partial charge in [-0.3, -0.25) is 9.48 Å². The molecule has 0 unspecified atom stereocenters. The molecule has 24 heavy (non-hydrogen) atoms. The summed E-state index contributed by atoms with van der Waals surface area (Å²) in [6, 6.07) is 3.36. The van der Waals surface area contributed by atoms with Crippen LogP contribution in [0.5, 0.6) is 17.2 Å². The monoisotopic (exact) mass is 330 g/mol. The molecule has 2 heterocycles. The standard InChI is InChI=1S/C16H18N4O4/c1-5-19-7-6-12(18-19)20-9-17-13-10(16(20)21)8-11(22-2)14(23-3)15(13)24-4/h6-9H,5H2,1-4H3. The van der Waals surface area contributed by atoms with Crippen molar-refractivity contribution in [1.82, 2.24) is 19.3 Å². The highest BCUT2D eigenvalue weighted by atomic mass is 16.5. The van der Waals surface area contributed by atoms with E-state index in [9.17, 15) is 4.79 Å². The molecular formula is C16H18N4O4. The predicted molar refractivity (Wildman–Crippen MR) is 88.5 cm³/mol. The van der Waals surface area contributed by atoms with Gasteiger partial charge in [0.1, 0.15) is 11.8 Å². The van der Waals surface area contributed by atoms with Crippen LogP contribution in [0.25, 0.3) is 16.7 Å². The van der Waals surface area contributed by atoms with Gasteiger partial charge in [-0.2, -0.15) is 5.10 Å². The fourth-order valence-electron chi connectivity index (χ4n) is 2.55. The van der Waals surface area contributed by atoms with Crippen molar-refractivity contribution >= 4 is 10.9 Å². The van der Waals surface area contributed by atoms with Crippen molar-refractivity contribution < 1.29 is 14.2 Å². The van der Waals surface area contributed by atoms with Gasteiger partial charge >= 0.3 is 0 Å². The molecular weight excluding hydrogens is 312 g/mol. The first-order chi connectivity index (χ1) is 11.6. The molecule has 8 nitrogen and oxygen atoms in total. The van der Waals surface area contributed by atoms with Crippen LogP contribution in [-0.2, 0) is 6.54 Å². The maximum atomic E-state index is 12.9. The van der Waals surface area contributed by atoms with Gasteiger partial charge in [0.2, 0.25) is 5.75 Å². The van der Waals surface area contributed by atoms with Crippen molar-refractivity contribution in [2.24, 2.45) is 0 Å². The Morgan fingerprint density at radius 2 is 1.88 bits per heavy atom. The minimum atomic E-state index is -0.263. The lowest BCUT2D eigenvalue weighted by Crippen LogP contribution is -2.20. The summed E-state index contributed by atoms with van der Waals surface area (Å²) in [5.41, 5.74) is 0.145. The Kier molecular flexibility index (Phi) is 4.11. The minimum Gasteiger partial charge on any atom is -0.493 e. The van der Waals surface area contributed by atoms with Crippen LogP contribution in [0.4, 0.5) is 0 Å². The number of aromatic nitrogens is 4. The summed E-state index contributed by atoms with van der Waals surface area (Å²) in [5.74, 6) is 1.66. The van der Waals surface area contributed by atoms with E-state index in [1.54, 1.807) is 23.0 Å². The first-order valence-corrected chi connectivity index (χ1v) is 7.38. The van der Waals surface area contributed by atoms with Crippen LogP contribution in [0, 0.1) is 0 Å². The van der Waals surface area contributed by atoms with Crippen molar-refractivity contribution in [3.63, 3.8) is 0 Å². The highest BCUT2D eigenvalue weighted by molar-refractivity contribution is 5.89. The van der Waals surface area contributed by atoms with Gasteiger partial charge in [0, 0.05) is 18.8 Å². The third-order valence-corrected chi connectivity index (χ3v) is 3.75. The summed E-state index contributed by atoms with van der Waals surface area (Å²) in [7, 11) is 4.50. The van der Waals surface area contributed by atoms with E-state index >= 15 is 0 Å². The second kappa shape index (κ2) is 6.23. The van der Waals surface area contributed by atoms with Crippen molar-refractivity contribution in [1.29, 1.82) is 0 Å². The molecule has 0 atom stereocenters. The molecule has 0 spiro atoms. The van der Waals surface area contributed by atoms with Crippen LogP contribution in [-0.4, -0.2) is 40.7 Å². The third kappa shape index (κ3) is 2.36. The molecule has 1 aromatic carbocycles. The third-order valence-electron chi connectivity index (χ3n) is 3.75. The average molecular weight is 330 g/mol. The molecule has 0 saturated carbocycles. The Morgan fingerprint density at radius 1 is 1.12 bits per heavy atom. The molecule has 2 aromatic heterocycles. The van der Waals surface area contributed by atoms with Gasteiger partial charge in [0.05, 0.1) is 26.7 Å². The summed E-state index contributed by atoms with van der Waals surface area (Å²) < 4.78 is 19.1. The molecule has 3 rings (SSSR count). The fraction of sp³-hybridized carbons (Fsp3) is 0.312. The van der Waals surface area contributed by atoms with Crippen LogP contribution < -0.4 is 19.8 Å². The molecule has 0 aliphatic carbocycles. The summed E-state index contributed by atoms with van der Waals surface area (Å²) in [5, 5.41) is 4.70. The largest absolute Gasteiger partial charge is 0.493 e. The Hall–Kier alpha value is -3.03. The highest BCUT2D eigenvalue weighted by Gasteiger charge is 2.20. The zero-order chi connectivity index (χ0) is 17.3. The number of hydrogen-bond acceptors (Lipinski definition) is 6. The molecule has 0 aliphatic rings. The number of hydrogen-bond donors (Lipinski definition) is 0. The van der Waals surface area contributed by atoms with E-state index in [2.05, 4.69) is 10.1 Å². The molecule has 0 saturated heterocycles. The van der Waals surface area contributed by atoms with Gasteiger partial charge in [-0.15, -0.1) is 0 Å². The number of ether oxygens (including phenoxy) is 3. The molecule has 8 heteroatoms. The molecule has 0 radical (unpaired) electrons. The first-order valence-electron chi connectivity index (χ1n) is 7.38. The van der Waals surface area contributed by atoms with E-state index in [1.165, 1.54) is 32.2 Å². The number of fused-ring (bicyclic) bond motifs is 1. The summed E-state index contributed by atoms with van der Waals surface area (Å²) in [6.07, 6.45) is 3.24. The molecule has 0 N–H and O–H groups in total. The summed E-state index contributed by atoms with van der Waals surface area (Å²) in [6.45, 7) is 2.69. The second-order valence-electron chi connectivity index (χ2n) is 4.99. The fourth-order valence-corrected chi connectivity index (χ4v) is 2.55. The molecule has 0 bridgehead atoms. The molecule has 126 valence electrons. The SMILES string of the molecule is CCn1ccc(-n2cnc3c(OC)c(OC)c(OC)cc3c2=O)n1. The van der Waals surface area contributed by atoms with Crippen molar-refractivity contribution in [3.8, 4) is 23.1 Å². The van der Waals surface area contributed by atoms with Crippen LogP contribution >= 0.6 is 0 Å². The van der Waals surface area contributed by atoms with E-state index < -0.39 is 0 Å². The van der Waals surface area contributed by atoms with Gasteiger partial charge < -0.3 is 14.2 Å². The lowest BCUT2D eigenvalue weighted by atomic mass is 10.2. The highest BCUT2D eigenvalue weighted by Crippen LogP contribution is 2.41. The number of rotatable bonds is 5. The molecule has 0 fully saturated rings. The van der Waals surface area contributed by atoms with Crippen molar-refractivity contribution in [2.75, 3.05) is 21.3 Å². The van der Waals surface area contributed by atoms with Crippen LogP contribution in [0.15, 0.2) is 29.5 Å². The predicted octanol–water partition coefficient (Wildman–Crippen LogP) is 1.63. The Balaban J connectivity index is 2.31. The van der Waals surface area contributed by atoms with Crippen LogP contribution in [0.2, 0.25) is 0 Å². The number of aryl methyl sites for hydroxylation is 1. The van der Waals surface area contributed by atoms with Gasteiger partial charge in [0.15, 0.2) is 17.3 Å². The van der Waals surface area contributed by atoms with Gasteiger partial charge in [0.25, 0.3) is 5.56 Å². The second-order valence-corrected chi connectivity index (χ2v) is 4.99. The Morgan fingerprint density at radius 3 is 2.46 bits per heavy atom. The van der Waals surface area contributed by atoms with E-state index in [0.29, 0.717) is 40.5 Å². The smallest absolute Gasteiger partial charge is 0.267 e. The normalized spacial score (nSPS) is 10.8. The lowest BCUT2D eigenvalue weighted by molar-refractivity contribution is 0.326. The summed E-state index contributed by atoms with van der Waals surface area (Å²) >= 11 is 0. The van der Waals surface area contributed by atoms with Gasteiger partial charge in [-0.05, 0) is 13.0 Å². The lowest BCUT2D eigenvalue weighted by Gasteiger charge is -2.14. The van der Waals surface area contributed by atoms with E-state index in [-0.39, 0.29) is 5.56 Å². The van der Waals surface area contributed by atoms with Crippen molar-refractivity contribution in [2.45, 2.75) is 13.5 Å². The van der Waals surface area contributed by atoms with Gasteiger partial charge in [-0.1, -0.05) is 0 Å². The van der Waals surface area contributed by atoms with E-state index in [4.69, 9.17) is 14.2 Å². The van der Waals surface area contributed by atoms with E-state index in [1.807, 2.05) is 6.92 Å². The van der Waals surface area contributed by atoms with E-state index in [0.717, 1.165) is 0 Å². The maximum absolute atomic E-state index is 12.9. The zero-order valence-corrected chi connectivity index (χ0v) is 13.9. The maximum Gasteiger partial charge on any atom is 0.267 e. The molecule has 0 aliphatic heterocycles. The Labute approximate surface area is 138 Å². The van der Waals surface area contributed by atoms with Crippen LogP contribution in [0.3, 0.4) is 0 Å². The van der Waals surface area contributed by atoms with Gasteiger partial charge in [-0.25, -0.2) is 9.55 Å². The average Bonchev–Trinajstić information content (AvgIpc) is 3.09. The number of nitrogens with zero attached hydrogens (tertiary/aromatic N) is 4. The first kappa shape index (κ1) is 15.9. The topological polar surface area (TPSA) is 80.4 Å².